The lowest BCUT2D eigenvalue weighted by Gasteiger charge is -2.30. The van der Waals surface area contributed by atoms with Crippen molar-refractivity contribution in [2.24, 2.45) is 11.8 Å². The van der Waals surface area contributed by atoms with E-state index in [9.17, 15) is 17.6 Å². The number of hydrogen-bond donors (Lipinski definition) is 0. The molecule has 1 heterocycles. The summed E-state index contributed by atoms with van der Waals surface area (Å²) in [4.78, 5) is 12.0. The van der Waals surface area contributed by atoms with Crippen LogP contribution in [0, 0.1) is 17.7 Å². The minimum Gasteiger partial charge on any atom is -0.465 e. The fourth-order valence-corrected chi connectivity index (χ4v) is 5.33. The summed E-state index contributed by atoms with van der Waals surface area (Å²) in [7, 11) is -3.87. The molecule has 0 N–H and O–H groups in total. The topological polar surface area (TPSA) is 63.7 Å². The summed E-state index contributed by atoms with van der Waals surface area (Å²) in [6, 6.07) is 5.38. The van der Waals surface area contributed by atoms with Crippen molar-refractivity contribution in [1.29, 1.82) is 0 Å². The lowest BCUT2D eigenvalue weighted by molar-refractivity contribution is -0.151. The second-order valence-electron chi connectivity index (χ2n) is 7.24. The minimum absolute atomic E-state index is 0.208. The third-order valence-electron chi connectivity index (χ3n) is 5.43. The molecule has 0 radical (unpaired) electrons. The molecule has 1 saturated carbocycles. The highest BCUT2D eigenvalue weighted by Gasteiger charge is 2.34. The second-order valence-corrected chi connectivity index (χ2v) is 9.15. The zero-order valence-corrected chi connectivity index (χ0v) is 15.7. The summed E-state index contributed by atoms with van der Waals surface area (Å²) in [5.41, 5.74) is 0. The summed E-state index contributed by atoms with van der Waals surface area (Å²) in [5.74, 6) is -0.778. The number of benzene rings is 1. The fraction of sp³-hybridized carbons (Fsp3) is 0.632. The van der Waals surface area contributed by atoms with Gasteiger partial charge in [0.1, 0.15) is 10.7 Å². The number of ether oxygens (including phenoxy) is 1. The van der Waals surface area contributed by atoms with Crippen LogP contribution in [0.4, 0.5) is 4.39 Å². The van der Waals surface area contributed by atoms with Gasteiger partial charge in [0.25, 0.3) is 0 Å². The number of hydrogen-bond acceptors (Lipinski definition) is 4. The average molecular weight is 383 g/mol. The molecule has 0 spiro atoms. The van der Waals surface area contributed by atoms with E-state index >= 15 is 0 Å². The number of halogens is 1. The van der Waals surface area contributed by atoms with Crippen LogP contribution >= 0.6 is 0 Å². The number of nitrogens with zero attached hydrogens (tertiary/aromatic N) is 1. The first-order valence-corrected chi connectivity index (χ1v) is 10.8. The molecule has 144 valence electrons. The smallest absolute Gasteiger partial charge is 0.309 e. The van der Waals surface area contributed by atoms with E-state index in [1.54, 1.807) is 0 Å². The molecule has 0 amide bonds. The van der Waals surface area contributed by atoms with E-state index in [0.29, 0.717) is 25.4 Å². The van der Waals surface area contributed by atoms with E-state index in [-0.39, 0.29) is 29.9 Å². The van der Waals surface area contributed by atoms with Gasteiger partial charge in [-0.2, -0.15) is 4.31 Å². The third-order valence-corrected chi connectivity index (χ3v) is 7.36. The van der Waals surface area contributed by atoms with Crippen molar-refractivity contribution in [3.63, 3.8) is 0 Å². The molecule has 3 rings (SSSR count). The molecule has 1 saturated heterocycles. The van der Waals surface area contributed by atoms with Crippen molar-refractivity contribution in [1.82, 2.24) is 4.31 Å². The maximum atomic E-state index is 13.8. The minimum atomic E-state index is -3.87. The summed E-state index contributed by atoms with van der Waals surface area (Å²) >= 11 is 0. The van der Waals surface area contributed by atoms with Crippen molar-refractivity contribution < 1.29 is 22.3 Å². The van der Waals surface area contributed by atoms with E-state index in [1.165, 1.54) is 41.8 Å². The molecule has 1 aromatic carbocycles. The molecule has 5 nitrogen and oxygen atoms in total. The zero-order valence-electron chi connectivity index (χ0n) is 14.9. The summed E-state index contributed by atoms with van der Waals surface area (Å²) in [6.07, 6.45) is 6.73. The van der Waals surface area contributed by atoms with Gasteiger partial charge >= 0.3 is 5.97 Å². The first-order chi connectivity index (χ1) is 12.5. The Hall–Kier alpha value is -1.47. The highest BCUT2D eigenvalue weighted by atomic mass is 32.2. The van der Waals surface area contributed by atoms with Gasteiger partial charge in [-0.1, -0.05) is 31.4 Å². The van der Waals surface area contributed by atoms with E-state index < -0.39 is 15.8 Å². The van der Waals surface area contributed by atoms with Crippen LogP contribution in [0.25, 0.3) is 0 Å². The van der Waals surface area contributed by atoms with Crippen LogP contribution in [0.5, 0.6) is 0 Å². The number of rotatable bonds is 5. The van der Waals surface area contributed by atoms with Crippen LogP contribution in [0.2, 0.25) is 0 Å². The molecule has 7 heteroatoms. The van der Waals surface area contributed by atoms with Crippen molar-refractivity contribution in [2.45, 2.75) is 49.8 Å². The molecule has 1 aromatic rings. The normalized spacial score (nSPS) is 20.8. The average Bonchev–Trinajstić information content (AvgIpc) is 2.67. The van der Waals surface area contributed by atoms with Gasteiger partial charge in [-0.3, -0.25) is 4.79 Å². The van der Waals surface area contributed by atoms with Crippen LogP contribution < -0.4 is 0 Å². The number of carbonyl (C=O) groups is 1. The number of sulfonamides is 1. The molecule has 0 bridgehead atoms. The molecule has 2 fully saturated rings. The number of esters is 1. The Morgan fingerprint density at radius 2 is 1.73 bits per heavy atom. The van der Waals surface area contributed by atoms with Gasteiger partial charge in [0.05, 0.1) is 12.5 Å². The van der Waals surface area contributed by atoms with Gasteiger partial charge in [0, 0.05) is 13.1 Å². The number of piperidine rings is 1. The molecule has 2 aliphatic rings. The highest BCUT2D eigenvalue weighted by molar-refractivity contribution is 7.89. The Morgan fingerprint density at radius 3 is 2.38 bits per heavy atom. The van der Waals surface area contributed by atoms with Gasteiger partial charge in [-0.05, 0) is 43.7 Å². The fourth-order valence-electron chi connectivity index (χ4n) is 3.80. The predicted molar refractivity (Wildman–Crippen MR) is 95.4 cm³/mol. The highest BCUT2D eigenvalue weighted by Crippen LogP contribution is 2.27. The molecule has 1 aliphatic heterocycles. The lowest BCUT2D eigenvalue weighted by Crippen LogP contribution is -2.41. The molecule has 0 aromatic heterocycles. The Balaban J connectivity index is 1.52. The van der Waals surface area contributed by atoms with Gasteiger partial charge in [-0.25, -0.2) is 12.8 Å². The monoisotopic (exact) mass is 383 g/mol. The van der Waals surface area contributed by atoms with Crippen LogP contribution in [-0.4, -0.2) is 38.4 Å². The quantitative estimate of drug-likeness (QED) is 0.732. The van der Waals surface area contributed by atoms with Crippen molar-refractivity contribution >= 4 is 16.0 Å². The van der Waals surface area contributed by atoms with Crippen LogP contribution in [0.15, 0.2) is 29.2 Å². The van der Waals surface area contributed by atoms with Crippen LogP contribution in [0.3, 0.4) is 0 Å². The first-order valence-electron chi connectivity index (χ1n) is 9.40. The SMILES string of the molecule is O=C(OCC1CCCCC1)C1CCN(S(=O)(=O)c2ccccc2F)CC1. The van der Waals surface area contributed by atoms with Crippen molar-refractivity contribution in [3.05, 3.63) is 30.1 Å². The van der Waals surface area contributed by atoms with Gasteiger partial charge in [0.15, 0.2) is 0 Å². The van der Waals surface area contributed by atoms with Crippen molar-refractivity contribution in [2.75, 3.05) is 19.7 Å². The molecular formula is C19H26FNO4S. The van der Waals surface area contributed by atoms with Crippen LogP contribution in [0.1, 0.15) is 44.9 Å². The summed E-state index contributed by atoms with van der Waals surface area (Å²) < 4.78 is 45.8. The van der Waals surface area contributed by atoms with E-state index in [1.807, 2.05) is 0 Å². The third kappa shape index (κ3) is 4.43. The molecular weight excluding hydrogens is 357 g/mol. The van der Waals surface area contributed by atoms with E-state index in [0.717, 1.165) is 18.9 Å². The van der Waals surface area contributed by atoms with Gasteiger partial charge in [-0.15, -0.1) is 0 Å². The van der Waals surface area contributed by atoms with E-state index in [2.05, 4.69) is 0 Å². The molecule has 1 aliphatic carbocycles. The Bertz CT molecular complexity index is 723. The largest absolute Gasteiger partial charge is 0.465 e. The maximum absolute atomic E-state index is 13.8. The summed E-state index contributed by atoms with van der Waals surface area (Å²) in [6.45, 7) is 0.895. The van der Waals surface area contributed by atoms with Crippen molar-refractivity contribution in [3.8, 4) is 0 Å². The first kappa shape index (κ1) is 19.3. The van der Waals surface area contributed by atoms with Gasteiger partial charge < -0.3 is 4.74 Å². The van der Waals surface area contributed by atoms with Crippen LogP contribution in [-0.2, 0) is 19.6 Å². The standard InChI is InChI=1S/C19H26FNO4S/c20-17-8-4-5-9-18(17)26(23,24)21-12-10-16(11-13-21)19(22)25-14-15-6-2-1-3-7-15/h4-5,8-9,15-16H,1-3,6-7,10-14H2. The second kappa shape index (κ2) is 8.48. The summed E-state index contributed by atoms with van der Waals surface area (Å²) in [5, 5.41) is 0. The number of carbonyl (C=O) groups excluding carboxylic acids is 1. The maximum Gasteiger partial charge on any atom is 0.309 e. The van der Waals surface area contributed by atoms with Gasteiger partial charge in [0.2, 0.25) is 10.0 Å². The lowest BCUT2D eigenvalue weighted by atomic mass is 9.90. The Labute approximate surface area is 154 Å². The zero-order chi connectivity index (χ0) is 18.6. The molecule has 0 unspecified atom stereocenters. The van der Waals surface area contributed by atoms with E-state index in [4.69, 9.17) is 4.74 Å². The molecule has 0 atom stereocenters. The predicted octanol–water partition coefficient (Wildman–Crippen LogP) is 3.35. The Kier molecular flexibility index (Phi) is 6.29. The Morgan fingerprint density at radius 1 is 1.08 bits per heavy atom. The molecule has 26 heavy (non-hydrogen) atoms.